The van der Waals surface area contributed by atoms with Crippen molar-refractivity contribution in [2.24, 2.45) is 0 Å². The summed E-state index contributed by atoms with van der Waals surface area (Å²) in [6, 6.07) is 1.98. The molecule has 6 nitrogen and oxygen atoms in total. The van der Waals surface area contributed by atoms with Crippen LogP contribution in [0.1, 0.15) is 0 Å². The van der Waals surface area contributed by atoms with E-state index in [2.05, 4.69) is 30.2 Å². The first-order valence-electron chi connectivity index (χ1n) is 6.22. The SMILES string of the molecule is O=c1nc(O)c2cc(Cl)c(Br)c(SN3CC4OCC43)c2[nH]1. The molecule has 2 unspecified atom stereocenters. The smallest absolute Gasteiger partial charge is 0.348 e. The maximum absolute atomic E-state index is 11.5. The van der Waals surface area contributed by atoms with E-state index >= 15 is 0 Å². The van der Waals surface area contributed by atoms with Gasteiger partial charge in [0.05, 0.1) is 44.0 Å². The van der Waals surface area contributed by atoms with E-state index in [0.717, 1.165) is 18.0 Å². The lowest BCUT2D eigenvalue weighted by Crippen LogP contribution is -2.67. The van der Waals surface area contributed by atoms with Gasteiger partial charge in [-0.1, -0.05) is 11.6 Å². The first-order valence-corrected chi connectivity index (χ1v) is 8.16. The van der Waals surface area contributed by atoms with Gasteiger partial charge in [-0.15, -0.1) is 0 Å². The molecular formula is C12H9BrClN3O3S. The van der Waals surface area contributed by atoms with Gasteiger partial charge in [-0.05, 0) is 33.9 Å². The number of rotatable bonds is 2. The average Bonchev–Trinajstić information content (AvgIpc) is 2.41. The van der Waals surface area contributed by atoms with Crippen LogP contribution in [0.3, 0.4) is 0 Å². The zero-order chi connectivity index (χ0) is 14.7. The number of morpholine rings is 1. The molecule has 2 atom stereocenters. The van der Waals surface area contributed by atoms with Crippen LogP contribution in [0, 0.1) is 0 Å². The quantitative estimate of drug-likeness (QED) is 0.765. The summed E-state index contributed by atoms with van der Waals surface area (Å²) < 4.78 is 8.24. The van der Waals surface area contributed by atoms with Gasteiger partial charge in [0, 0.05) is 6.54 Å². The highest BCUT2D eigenvalue weighted by atomic mass is 79.9. The van der Waals surface area contributed by atoms with Crippen LogP contribution in [0.15, 0.2) is 20.2 Å². The summed E-state index contributed by atoms with van der Waals surface area (Å²) in [4.78, 5) is 18.5. The van der Waals surface area contributed by atoms with E-state index in [4.69, 9.17) is 16.3 Å². The van der Waals surface area contributed by atoms with Crippen LogP contribution in [-0.2, 0) is 4.74 Å². The number of nitrogens with zero attached hydrogens (tertiary/aromatic N) is 2. The molecule has 9 heteroatoms. The lowest BCUT2D eigenvalue weighted by Gasteiger charge is -2.53. The zero-order valence-electron chi connectivity index (χ0n) is 10.5. The van der Waals surface area contributed by atoms with Crippen LogP contribution < -0.4 is 5.69 Å². The van der Waals surface area contributed by atoms with Crippen LogP contribution in [0.4, 0.5) is 0 Å². The third-order valence-corrected chi connectivity index (χ3v) is 6.56. The number of fused-ring (bicyclic) bond motifs is 2. The molecule has 0 aliphatic carbocycles. The fourth-order valence-corrected chi connectivity index (χ4v) is 4.46. The molecule has 3 heterocycles. The van der Waals surface area contributed by atoms with Crippen molar-refractivity contribution in [2.45, 2.75) is 17.0 Å². The molecule has 110 valence electrons. The lowest BCUT2D eigenvalue weighted by molar-refractivity contribution is -0.178. The van der Waals surface area contributed by atoms with Crippen LogP contribution in [0.5, 0.6) is 5.88 Å². The van der Waals surface area contributed by atoms with Crippen molar-refractivity contribution in [2.75, 3.05) is 13.2 Å². The number of H-pyrrole nitrogens is 1. The van der Waals surface area contributed by atoms with Gasteiger partial charge >= 0.3 is 5.69 Å². The summed E-state index contributed by atoms with van der Waals surface area (Å²) in [5.74, 6) is -0.321. The summed E-state index contributed by atoms with van der Waals surface area (Å²) in [6.45, 7) is 1.55. The van der Waals surface area contributed by atoms with Crippen LogP contribution in [0.2, 0.25) is 5.02 Å². The number of hydrogen-bond donors (Lipinski definition) is 2. The van der Waals surface area contributed by atoms with Crippen LogP contribution >= 0.6 is 39.5 Å². The molecule has 2 aromatic rings. The third-order valence-electron chi connectivity index (χ3n) is 3.71. The maximum Gasteiger partial charge on any atom is 0.348 e. The second-order valence-corrected chi connectivity index (χ2v) is 7.18. The average molecular weight is 391 g/mol. The first-order chi connectivity index (χ1) is 10.0. The molecular weight excluding hydrogens is 382 g/mol. The molecule has 1 aromatic heterocycles. The van der Waals surface area contributed by atoms with Crippen molar-refractivity contribution >= 4 is 50.4 Å². The molecule has 2 saturated heterocycles. The Morgan fingerprint density at radius 1 is 1.62 bits per heavy atom. The Balaban J connectivity index is 1.85. The Labute approximate surface area is 136 Å². The molecule has 1 aromatic carbocycles. The third kappa shape index (κ3) is 2.08. The Bertz CT molecular complexity index is 814. The van der Waals surface area contributed by atoms with Gasteiger partial charge in [0.15, 0.2) is 0 Å². The van der Waals surface area contributed by atoms with Crippen molar-refractivity contribution in [1.82, 2.24) is 14.3 Å². The summed E-state index contributed by atoms with van der Waals surface area (Å²) in [5.41, 5.74) is -0.0676. The van der Waals surface area contributed by atoms with Crippen molar-refractivity contribution in [3.05, 3.63) is 26.0 Å². The highest BCUT2D eigenvalue weighted by molar-refractivity contribution is 9.10. The molecule has 0 amide bonds. The van der Waals surface area contributed by atoms with E-state index in [1.807, 2.05) is 0 Å². The minimum atomic E-state index is -0.593. The van der Waals surface area contributed by atoms with E-state index in [0.29, 0.717) is 32.5 Å². The minimum absolute atomic E-state index is 0.316. The van der Waals surface area contributed by atoms with Gasteiger partial charge in [0.1, 0.15) is 0 Å². The van der Waals surface area contributed by atoms with Crippen molar-refractivity contribution < 1.29 is 9.84 Å². The van der Waals surface area contributed by atoms with Gasteiger partial charge in [-0.2, -0.15) is 4.98 Å². The number of aromatic nitrogens is 2. The van der Waals surface area contributed by atoms with Gasteiger partial charge in [0.2, 0.25) is 5.88 Å². The number of aromatic amines is 1. The van der Waals surface area contributed by atoms with Crippen molar-refractivity contribution in [3.8, 4) is 5.88 Å². The molecule has 0 spiro atoms. The summed E-state index contributed by atoms with van der Waals surface area (Å²) in [5, 5.41) is 10.7. The highest BCUT2D eigenvalue weighted by Crippen LogP contribution is 2.46. The fourth-order valence-electron chi connectivity index (χ4n) is 2.44. The second kappa shape index (κ2) is 4.85. The largest absolute Gasteiger partial charge is 0.493 e. The normalized spacial score (nSPS) is 24.5. The van der Waals surface area contributed by atoms with E-state index < -0.39 is 5.69 Å². The molecule has 2 aliphatic rings. The molecule has 0 saturated carbocycles. The molecule has 21 heavy (non-hydrogen) atoms. The van der Waals surface area contributed by atoms with Crippen LogP contribution in [0.25, 0.3) is 10.9 Å². The Morgan fingerprint density at radius 3 is 3.05 bits per heavy atom. The maximum atomic E-state index is 11.5. The molecule has 2 fully saturated rings. The Morgan fingerprint density at radius 2 is 2.43 bits per heavy atom. The predicted octanol–water partition coefficient (Wildman–Crippen LogP) is 2.13. The molecule has 2 N–H and O–H groups in total. The zero-order valence-corrected chi connectivity index (χ0v) is 13.6. The topological polar surface area (TPSA) is 78.4 Å². The van der Waals surface area contributed by atoms with Crippen molar-refractivity contribution in [3.63, 3.8) is 0 Å². The number of aromatic hydroxyl groups is 1. The molecule has 0 bridgehead atoms. The Kier molecular flexibility index (Phi) is 3.20. The summed E-state index contributed by atoms with van der Waals surface area (Å²) in [6.07, 6.45) is 0.316. The predicted molar refractivity (Wildman–Crippen MR) is 82.8 cm³/mol. The minimum Gasteiger partial charge on any atom is -0.493 e. The van der Waals surface area contributed by atoms with E-state index in [1.165, 1.54) is 11.9 Å². The summed E-state index contributed by atoms with van der Waals surface area (Å²) in [7, 11) is 0. The second-order valence-electron chi connectivity index (χ2n) is 4.92. The first kappa shape index (κ1) is 13.8. The number of halogens is 2. The van der Waals surface area contributed by atoms with Gasteiger partial charge in [-0.25, -0.2) is 9.10 Å². The highest BCUT2D eigenvalue weighted by Gasteiger charge is 2.48. The Hall–Kier alpha value is -0.800. The van der Waals surface area contributed by atoms with Crippen LogP contribution in [-0.4, -0.2) is 44.7 Å². The van der Waals surface area contributed by atoms with Crippen molar-refractivity contribution in [1.29, 1.82) is 0 Å². The number of benzene rings is 1. The number of nitrogens with one attached hydrogen (secondary N) is 1. The monoisotopic (exact) mass is 389 g/mol. The number of hydrogen-bond acceptors (Lipinski definition) is 6. The van der Waals surface area contributed by atoms with E-state index in [-0.39, 0.29) is 5.88 Å². The molecule has 0 radical (unpaired) electrons. The molecule has 4 rings (SSSR count). The lowest BCUT2D eigenvalue weighted by atomic mass is 9.99. The van der Waals surface area contributed by atoms with Gasteiger partial charge in [-0.3, -0.25) is 0 Å². The number of ether oxygens (including phenoxy) is 1. The fraction of sp³-hybridized carbons (Fsp3) is 0.333. The van der Waals surface area contributed by atoms with Gasteiger partial charge in [0.25, 0.3) is 0 Å². The van der Waals surface area contributed by atoms with Gasteiger partial charge < -0.3 is 14.8 Å². The summed E-state index contributed by atoms with van der Waals surface area (Å²) >= 11 is 11.1. The molecule has 2 aliphatic heterocycles. The van der Waals surface area contributed by atoms with E-state index in [9.17, 15) is 9.90 Å². The van der Waals surface area contributed by atoms with E-state index in [1.54, 1.807) is 6.07 Å². The standard InChI is InChI=1S/C12H9BrClN3O3S/c13-8-5(14)1-4-9(15-12(19)16-11(4)18)10(8)21-17-2-7-6(17)3-20-7/h1,6-7H,2-3H2,(H2,15,16,18,19).